The van der Waals surface area contributed by atoms with E-state index in [9.17, 15) is 14.7 Å². The molecule has 0 radical (unpaired) electrons. The Labute approximate surface area is 307 Å². The first-order chi connectivity index (χ1) is 24.7. The van der Waals surface area contributed by atoms with Crippen LogP contribution in [0.4, 0.5) is 5.69 Å². The Kier molecular flexibility index (Phi) is 16.4. The number of aromatic carboxylic acids is 1. The summed E-state index contributed by atoms with van der Waals surface area (Å²) in [4.78, 5) is 26.4. The van der Waals surface area contributed by atoms with E-state index in [-0.39, 0.29) is 30.2 Å². The molecule has 6 heteroatoms. The number of unbranched alkanes of at least 4 members (excludes halogenated alkanes) is 12. The number of carbonyl (C=O) groups is 2. The van der Waals surface area contributed by atoms with Crippen molar-refractivity contribution in [1.29, 1.82) is 0 Å². The summed E-state index contributed by atoms with van der Waals surface area (Å²) < 4.78 is 11.9. The van der Waals surface area contributed by atoms with Crippen molar-refractivity contribution in [3.05, 3.63) is 71.8 Å². The largest absolute Gasteiger partial charge is 0.489 e. The zero-order chi connectivity index (χ0) is 36.5. The first-order valence-corrected chi connectivity index (χ1v) is 19.8. The van der Waals surface area contributed by atoms with Crippen LogP contribution >= 0.6 is 0 Å². The lowest BCUT2D eigenvalue weighted by atomic mass is 9.83. The van der Waals surface area contributed by atoms with Crippen molar-refractivity contribution in [2.24, 2.45) is 0 Å². The minimum atomic E-state index is -0.941. The van der Waals surface area contributed by atoms with Gasteiger partial charge in [0.1, 0.15) is 19.0 Å². The van der Waals surface area contributed by atoms with E-state index < -0.39 is 5.97 Å². The molecule has 1 fully saturated rings. The number of carbonyl (C=O) groups excluding carboxylic acids is 1. The molecule has 1 N–H and O–H groups in total. The van der Waals surface area contributed by atoms with E-state index in [4.69, 9.17) is 9.47 Å². The fourth-order valence-corrected chi connectivity index (χ4v) is 7.07. The zero-order valence-corrected chi connectivity index (χ0v) is 31.9. The number of hydrogen-bond acceptors (Lipinski definition) is 5. The van der Waals surface area contributed by atoms with Gasteiger partial charge in [-0.15, -0.1) is 0 Å². The Bertz CT molecular complexity index is 1500. The molecule has 278 valence electrons. The second-order valence-electron chi connectivity index (χ2n) is 15.3. The average molecular weight is 698 g/mol. The van der Waals surface area contributed by atoms with Crippen LogP contribution in [0, 0.1) is 0 Å². The van der Waals surface area contributed by atoms with Crippen LogP contribution in [0.1, 0.15) is 146 Å². The summed E-state index contributed by atoms with van der Waals surface area (Å²) in [7, 11) is 0. The number of esters is 1. The molecule has 1 aliphatic rings. The molecular formula is C45H63NO5. The molecule has 3 aromatic carbocycles. The normalized spacial score (nSPS) is 13.1. The van der Waals surface area contributed by atoms with Gasteiger partial charge in [0.05, 0.1) is 5.56 Å². The molecule has 3 aromatic rings. The molecular weight excluding hydrogens is 634 g/mol. The standard InChI is InChI=1S/C45H63NO5/c1-5-6-7-8-9-10-11-12-13-14-15-16-17-20-43(47)51-32-31-50-42-28-26-37(35-21-23-36(24-22-35)44(48)49)33-39(42)38-25-27-41(46-29-18-19-30-46)40(34-38)45(2,3)4/h21-28,33-34H,5-20,29-32H2,1-4H3,(H,48,49). The van der Waals surface area contributed by atoms with Gasteiger partial charge in [0, 0.05) is 30.8 Å². The number of carboxylic acid groups (broad SMARTS) is 1. The number of nitrogens with zero attached hydrogens (tertiary/aromatic N) is 1. The van der Waals surface area contributed by atoms with Crippen LogP contribution in [0.15, 0.2) is 60.7 Å². The maximum absolute atomic E-state index is 12.5. The third kappa shape index (κ3) is 13.0. The van der Waals surface area contributed by atoms with Crippen LogP contribution in [0.3, 0.4) is 0 Å². The van der Waals surface area contributed by atoms with Crippen LogP contribution in [0.25, 0.3) is 22.3 Å². The predicted molar refractivity (Wildman–Crippen MR) is 211 cm³/mol. The van der Waals surface area contributed by atoms with Gasteiger partial charge in [-0.25, -0.2) is 4.79 Å². The van der Waals surface area contributed by atoms with Crippen molar-refractivity contribution in [2.45, 2.75) is 136 Å². The van der Waals surface area contributed by atoms with Crippen LogP contribution in [-0.4, -0.2) is 43.3 Å². The van der Waals surface area contributed by atoms with E-state index in [0.717, 1.165) is 53.9 Å². The molecule has 4 rings (SSSR count). The lowest BCUT2D eigenvalue weighted by molar-refractivity contribution is -0.144. The van der Waals surface area contributed by atoms with Gasteiger partial charge in [0.2, 0.25) is 0 Å². The molecule has 0 bridgehead atoms. The van der Waals surface area contributed by atoms with Crippen molar-refractivity contribution in [1.82, 2.24) is 0 Å². The molecule has 6 nitrogen and oxygen atoms in total. The number of hydrogen-bond donors (Lipinski definition) is 1. The summed E-state index contributed by atoms with van der Waals surface area (Å²) >= 11 is 0. The van der Waals surface area contributed by atoms with Crippen LogP contribution in [-0.2, 0) is 14.9 Å². The van der Waals surface area contributed by atoms with Crippen molar-refractivity contribution >= 4 is 17.6 Å². The first-order valence-electron chi connectivity index (χ1n) is 19.8. The smallest absolute Gasteiger partial charge is 0.335 e. The van der Waals surface area contributed by atoms with E-state index in [1.807, 2.05) is 24.3 Å². The third-order valence-corrected chi connectivity index (χ3v) is 10.1. The van der Waals surface area contributed by atoms with Crippen LogP contribution in [0.5, 0.6) is 5.75 Å². The summed E-state index contributed by atoms with van der Waals surface area (Å²) in [5, 5.41) is 9.38. The third-order valence-electron chi connectivity index (χ3n) is 10.1. The summed E-state index contributed by atoms with van der Waals surface area (Å²) in [6.07, 6.45) is 19.5. The minimum Gasteiger partial charge on any atom is -0.489 e. The topological polar surface area (TPSA) is 76.1 Å². The molecule has 0 aromatic heterocycles. The highest BCUT2D eigenvalue weighted by Gasteiger charge is 2.24. The highest BCUT2D eigenvalue weighted by atomic mass is 16.6. The Morgan fingerprint density at radius 1 is 0.686 bits per heavy atom. The van der Waals surface area contributed by atoms with Gasteiger partial charge in [0.15, 0.2) is 0 Å². The summed E-state index contributed by atoms with van der Waals surface area (Å²) in [5.41, 5.74) is 6.70. The fourth-order valence-electron chi connectivity index (χ4n) is 7.07. The van der Waals surface area contributed by atoms with E-state index in [1.165, 1.54) is 94.7 Å². The molecule has 1 aliphatic heterocycles. The van der Waals surface area contributed by atoms with Crippen LogP contribution in [0.2, 0.25) is 0 Å². The Morgan fingerprint density at radius 2 is 1.25 bits per heavy atom. The van der Waals surface area contributed by atoms with Gasteiger partial charge in [-0.1, -0.05) is 129 Å². The van der Waals surface area contributed by atoms with E-state index in [1.54, 1.807) is 12.1 Å². The average Bonchev–Trinajstić information content (AvgIpc) is 3.67. The molecule has 1 saturated heterocycles. The van der Waals surface area contributed by atoms with E-state index in [2.05, 4.69) is 56.9 Å². The minimum absolute atomic E-state index is 0.0549. The van der Waals surface area contributed by atoms with Gasteiger partial charge in [-0.3, -0.25) is 4.79 Å². The molecule has 0 atom stereocenters. The van der Waals surface area contributed by atoms with Gasteiger partial charge < -0.3 is 19.5 Å². The van der Waals surface area contributed by atoms with Crippen molar-refractivity contribution in [3.8, 4) is 28.0 Å². The van der Waals surface area contributed by atoms with Gasteiger partial charge >= 0.3 is 11.9 Å². The van der Waals surface area contributed by atoms with Gasteiger partial charge in [0.25, 0.3) is 0 Å². The molecule has 0 amide bonds. The lowest BCUT2D eigenvalue weighted by Gasteiger charge is -2.29. The summed E-state index contributed by atoms with van der Waals surface area (Å²) in [5.74, 6) is -0.375. The van der Waals surface area contributed by atoms with Crippen molar-refractivity contribution in [2.75, 3.05) is 31.2 Å². The highest BCUT2D eigenvalue weighted by Crippen LogP contribution is 2.40. The number of benzene rings is 3. The number of anilines is 1. The predicted octanol–water partition coefficient (Wildman–Crippen LogP) is 12.0. The lowest BCUT2D eigenvalue weighted by Crippen LogP contribution is -2.23. The first kappa shape index (κ1) is 40.0. The Balaban J connectivity index is 1.32. The van der Waals surface area contributed by atoms with Crippen LogP contribution < -0.4 is 9.64 Å². The molecule has 0 spiro atoms. The molecule has 0 aliphatic carbocycles. The van der Waals surface area contributed by atoms with Crippen molar-refractivity contribution < 1.29 is 24.2 Å². The maximum atomic E-state index is 12.5. The summed E-state index contributed by atoms with van der Waals surface area (Å²) in [6, 6.07) is 19.8. The molecule has 1 heterocycles. The molecule has 0 unspecified atom stereocenters. The Hall–Kier alpha value is -3.80. The SMILES string of the molecule is CCCCCCCCCCCCCCCC(=O)OCCOc1ccc(-c2ccc(C(=O)O)cc2)cc1-c1ccc(N2CCCC2)c(C(C)(C)C)c1. The second-order valence-corrected chi connectivity index (χ2v) is 15.3. The highest BCUT2D eigenvalue weighted by molar-refractivity contribution is 5.88. The maximum Gasteiger partial charge on any atom is 0.335 e. The molecule has 51 heavy (non-hydrogen) atoms. The van der Waals surface area contributed by atoms with E-state index in [0.29, 0.717) is 6.42 Å². The van der Waals surface area contributed by atoms with Gasteiger partial charge in [-0.2, -0.15) is 0 Å². The summed E-state index contributed by atoms with van der Waals surface area (Å²) in [6.45, 7) is 11.7. The monoisotopic (exact) mass is 697 g/mol. The second kappa shape index (κ2) is 20.9. The number of carboxylic acids is 1. The quantitative estimate of drug-likeness (QED) is 0.0832. The number of ether oxygens (including phenoxy) is 2. The van der Waals surface area contributed by atoms with Gasteiger partial charge in [-0.05, 0) is 83.3 Å². The Morgan fingerprint density at radius 3 is 1.84 bits per heavy atom. The van der Waals surface area contributed by atoms with Crippen molar-refractivity contribution in [3.63, 3.8) is 0 Å². The fraction of sp³-hybridized carbons (Fsp3) is 0.556. The zero-order valence-electron chi connectivity index (χ0n) is 31.9. The molecule has 0 saturated carbocycles. The number of rotatable bonds is 22. The van der Waals surface area contributed by atoms with E-state index >= 15 is 0 Å².